The maximum Gasteiger partial charge on any atom is 0.289 e. The molecule has 1 aliphatic rings. The van der Waals surface area contributed by atoms with Gasteiger partial charge in [0.1, 0.15) is 5.58 Å². The number of carbonyl (C=O) groups excluding carboxylic acids is 1. The number of hydrogen-bond acceptors (Lipinski definition) is 3. The fourth-order valence-corrected chi connectivity index (χ4v) is 3.23. The Kier molecular flexibility index (Phi) is 6.33. The lowest BCUT2D eigenvalue weighted by atomic mass is 9.93. The van der Waals surface area contributed by atoms with Gasteiger partial charge in [0.15, 0.2) is 5.76 Å². The fourth-order valence-electron chi connectivity index (χ4n) is 3.05. The molecule has 2 heterocycles. The Hall–Kier alpha value is -1.23. The van der Waals surface area contributed by atoms with Crippen molar-refractivity contribution in [1.29, 1.82) is 0 Å². The molecular weight excluding hydrogens is 335 g/mol. The molecule has 0 radical (unpaired) electrons. The Morgan fingerprint density at radius 1 is 1.35 bits per heavy atom. The van der Waals surface area contributed by atoms with E-state index in [2.05, 4.69) is 5.32 Å². The van der Waals surface area contributed by atoms with Crippen LogP contribution in [0.3, 0.4) is 0 Å². The number of nitrogens with zero attached hydrogens (tertiary/aromatic N) is 1. The number of hydrogen-bond donors (Lipinski definition) is 1. The molecule has 1 aromatic heterocycles. The molecule has 6 heteroatoms. The third-order valence-electron chi connectivity index (χ3n) is 4.39. The van der Waals surface area contributed by atoms with Crippen LogP contribution in [0.2, 0.25) is 5.02 Å². The molecule has 1 amide bonds. The number of fused-ring (bicyclic) bond motifs is 1. The number of rotatable bonds is 4. The second-order valence-electron chi connectivity index (χ2n) is 5.92. The van der Waals surface area contributed by atoms with E-state index in [0.717, 1.165) is 37.9 Å². The van der Waals surface area contributed by atoms with Crippen LogP contribution in [0, 0.1) is 5.92 Å². The minimum Gasteiger partial charge on any atom is -0.451 e. The maximum absolute atomic E-state index is 12.6. The van der Waals surface area contributed by atoms with Gasteiger partial charge < -0.3 is 14.6 Å². The molecule has 0 atom stereocenters. The number of nitrogens with one attached hydrogen (secondary N) is 1. The van der Waals surface area contributed by atoms with Gasteiger partial charge >= 0.3 is 0 Å². The van der Waals surface area contributed by atoms with Gasteiger partial charge in [-0.15, -0.1) is 12.4 Å². The number of benzene rings is 1. The number of piperidine rings is 1. The molecule has 0 spiro atoms. The molecule has 1 aliphatic heterocycles. The van der Waals surface area contributed by atoms with E-state index in [4.69, 9.17) is 16.0 Å². The topological polar surface area (TPSA) is 45.5 Å². The lowest BCUT2D eigenvalue weighted by Gasteiger charge is -2.31. The van der Waals surface area contributed by atoms with Crippen molar-refractivity contribution in [2.75, 3.05) is 26.7 Å². The third-order valence-corrected chi connectivity index (χ3v) is 4.63. The Bertz CT molecular complexity index is 664. The Morgan fingerprint density at radius 3 is 2.78 bits per heavy atom. The van der Waals surface area contributed by atoms with Gasteiger partial charge in [0, 0.05) is 23.5 Å². The number of likely N-dealkylation sites (tertiary alicyclic amines) is 1. The summed E-state index contributed by atoms with van der Waals surface area (Å²) in [5.41, 5.74) is 0.705. The highest BCUT2D eigenvalue weighted by atomic mass is 35.5. The van der Waals surface area contributed by atoms with Gasteiger partial charge in [0.25, 0.3) is 5.91 Å². The summed E-state index contributed by atoms with van der Waals surface area (Å²) in [4.78, 5) is 14.5. The molecule has 4 nitrogen and oxygen atoms in total. The van der Waals surface area contributed by atoms with E-state index in [1.807, 2.05) is 18.0 Å². The summed E-state index contributed by atoms with van der Waals surface area (Å²) in [6, 6.07) is 7.19. The van der Waals surface area contributed by atoms with Gasteiger partial charge in [0.05, 0.1) is 0 Å². The molecule has 0 aliphatic carbocycles. The predicted molar refractivity (Wildman–Crippen MR) is 95.6 cm³/mol. The Labute approximate surface area is 147 Å². The van der Waals surface area contributed by atoms with Gasteiger partial charge in [-0.1, -0.05) is 11.6 Å². The van der Waals surface area contributed by atoms with Gasteiger partial charge in [0.2, 0.25) is 0 Å². The van der Waals surface area contributed by atoms with Crippen LogP contribution >= 0.6 is 24.0 Å². The van der Waals surface area contributed by atoms with Crippen molar-refractivity contribution < 1.29 is 9.21 Å². The molecule has 0 saturated carbocycles. The molecule has 3 rings (SSSR count). The van der Waals surface area contributed by atoms with Crippen molar-refractivity contribution >= 4 is 40.9 Å². The van der Waals surface area contributed by atoms with E-state index in [1.54, 1.807) is 18.2 Å². The highest BCUT2D eigenvalue weighted by Gasteiger charge is 2.25. The average molecular weight is 357 g/mol. The van der Waals surface area contributed by atoms with Crippen molar-refractivity contribution in [2.24, 2.45) is 5.92 Å². The van der Waals surface area contributed by atoms with E-state index < -0.39 is 0 Å². The lowest BCUT2D eigenvalue weighted by Crippen LogP contribution is -2.38. The van der Waals surface area contributed by atoms with Gasteiger partial charge in [-0.05, 0) is 63.0 Å². The van der Waals surface area contributed by atoms with E-state index in [0.29, 0.717) is 22.3 Å². The summed E-state index contributed by atoms with van der Waals surface area (Å²) in [6.45, 7) is 2.67. The van der Waals surface area contributed by atoms with E-state index >= 15 is 0 Å². The molecule has 1 saturated heterocycles. The zero-order valence-corrected chi connectivity index (χ0v) is 14.8. The molecule has 23 heavy (non-hydrogen) atoms. The standard InChI is InChI=1S/C17H21ClN2O2.ClH/c1-19-7-4-12-5-8-20(9-6-12)17(21)16-11-13-10-14(18)2-3-15(13)22-16;/h2-3,10-12,19H,4-9H2,1H3;1H. The smallest absolute Gasteiger partial charge is 0.289 e. The number of carbonyl (C=O) groups is 1. The van der Waals surface area contributed by atoms with Crippen LogP contribution in [0.5, 0.6) is 0 Å². The molecular formula is C17H22Cl2N2O2. The SMILES string of the molecule is CNCCC1CCN(C(=O)c2cc3cc(Cl)ccc3o2)CC1.Cl. The molecule has 1 fully saturated rings. The first-order valence-electron chi connectivity index (χ1n) is 7.80. The zero-order valence-electron chi connectivity index (χ0n) is 13.2. The molecule has 1 aromatic carbocycles. The summed E-state index contributed by atoms with van der Waals surface area (Å²) < 4.78 is 5.67. The minimum atomic E-state index is -0.0145. The van der Waals surface area contributed by atoms with E-state index in [1.165, 1.54) is 6.42 Å². The maximum atomic E-state index is 12.6. The van der Waals surface area contributed by atoms with E-state index in [9.17, 15) is 4.79 Å². The molecule has 2 aromatic rings. The van der Waals surface area contributed by atoms with Crippen LogP contribution in [-0.4, -0.2) is 37.5 Å². The highest BCUT2D eigenvalue weighted by molar-refractivity contribution is 6.31. The van der Waals surface area contributed by atoms with Crippen molar-refractivity contribution in [3.63, 3.8) is 0 Å². The van der Waals surface area contributed by atoms with Crippen LogP contribution in [0.15, 0.2) is 28.7 Å². The fraction of sp³-hybridized carbons (Fsp3) is 0.471. The normalized spacial score (nSPS) is 15.7. The van der Waals surface area contributed by atoms with Crippen molar-refractivity contribution in [2.45, 2.75) is 19.3 Å². The number of furan rings is 1. The monoisotopic (exact) mass is 356 g/mol. The molecule has 0 unspecified atom stereocenters. The van der Waals surface area contributed by atoms with E-state index in [-0.39, 0.29) is 18.3 Å². The average Bonchev–Trinajstić information content (AvgIpc) is 2.95. The summed E-state index contributed by atoms with van der Waals surface area (Å²) >= 11 is 5.97. The first kappa shape index (κ1) is 18.1. The van der Waals surface area contributed by atoms with Crippen LogP contribution in [-0.2, 0) is 0 Å². The van der Waals surface area contributed by atoms with Crippen LogP contribution in [0.25, 0.3) is 11.0 Å². The van der Waals surface area contributed by atoms with Gasteiger partial charge in [-0.25, -0.2) is 0 Å². The predicted octanol–water partition coefficient (Wildman–Crippen LogP) is 3.97. The quantitative estimate of drug-likeness (QED) is 0.901. The molecule has 126 valence electrons. The Morgan fingerprint density at radius 2 is 2.09 bits per heavy atom. The van der Waals surface area contributed by atoms with Crippen LogP contribution < -0.4 is 5.32 Å². The van der Waals surface area contributed by atoms with Gasteiger partial charge in [-0.2, -0.15) is 0 Å². The number of halogens is 2. The largest absolute Gasteiger partial charge is 0.451 e. The van der Waals surface area contributed by atoms with Crippen molar-refractivity contribution in [1.82, 2.24) is 10.2 Å². The minimum absolute atomic E-state index is 0. The highest BCUT2D eigenvalue weighted by Crippen LogP contribution is 2.26. The zero-order chi connectivity index (χ0) is 15.5. The summed E-state index contributed by atoms with van der Waals surface area (Å²) in [6.07, 6.45) is 3.32. The van der Waals surface area contributed by atoms with Gasteiger partial charge in [-0.3, -0.25) is 4.79 Å². The first-order chi connectivity index (χ1) is 10.7. The molecule has 1 N–H and O–H groups in total. The Balaban J connectivity index is 0.00000192. The van der Waals surface area contributed by atoms with Crippen molar-refractivity contribution in [3.05, 3.63) is 35.0 Å². The lowest BCUT2D eigenvalue weighted by molar-refractivity contribution is 0.0657. The first-order valence-corrected chi connectivity index (χ1v) is 8.18. The summed E-state index contributed by atoms with van der Waals surface area (Å²) in [5, 5.41) is 4.71. The second-order valence-corrected chi connectivity index (χ2v) is 6.36. The number of amides is 1. The second kappa shape index (κ2) is 8.04. The van der Waals surface area contributed by atoms with Crippen LogP contribution in [0.4, 0.5) is 0 Å². The van der Waals surface area contributed by atoms with Crippen molar-refractivity contribution in [3.8, 4) is 0 Å². The summed E-state index contributed by atoms with van der Waals surface area (Å²) in [5.74, 6) is 1.11. The van der Waals surface area contributed by atoms with Crippen LogP contribution in [0.1, 0.15) is 29.8 Å². The summed E-state index contributed by atoms with van der Waals surface area (Å²) in [7, 11) is 1.98. The molecule has 0 bridgehead atoms. The third kappa shape index (κ3) is 4.19.